The van der Waals surface area contributed by atoms with E-state index in [-0.39, 0.29) is 22.9 Å². The molecule has 0 saturated carbocycles. The van der Waals surface area contributed by atoms with E-state index in [0.29, 0.717) is 25.2 Å². The third-order valence-electron chi connectivity index (χ3n) is 5.30. The van der Waals surface area contributed by atoms with Crippen LogP contribution in [0.1, 0.15) is 23.2 Å². The molecule has 0 bridgehead atoms. The molecule has 1 atom stereocenters. The molecule has 3 aromatic rings. The highest BCUT2D eigenvalue weighted by Crippen LogP contribution is 2.25. The summed E-state index contributed by atoms with van der Waals surface area (Å²) in [4.78, 5) is 14.5. The van der Waals surface area contributed by atoms with Crippen LogP contribution in [0, 0.1) is 23.3 Å². The van der Waals surface area contributed by atoms with E-state index < -0.39 is 29.2 Å². The lowest BCUT2D eigenvalue weighted by Crippen LogP contribution is -2.48. The predicted molar refractivity (Wildman–Crippen MR) is 108 cm³/mol. The SMILES string of the molecule is Cn1cc(F)c(-c2ccc(C(=O)NC3CCCN(c4ccc(F)c(F)c4)C3)c(F)c2)n1. The van der Waals surface area contributed by atoms with Crippen LogP contribution in [-0.2, 0) is 7.05 Å². The molecule has 1 aromatic heterocycles. The number of carbonyl (C=O) groups excluding carboxylic acids is 1. The molecule has 1 unspecified atom stereocenters. The third-order valence-corrected chi connectivity index (χ3v) is 5.30. The first kappa shape index (κ1) is 20.9. The van der Waals surface area contributed by atoms with Gasteiger partial charge in [-0.25, -0.2) is 17.6 Å². The quantitative estimate of drug-likeness (QED) is 0.633. The predicted octanol–water partition coefficient (Wildman–Crippen LogP) is 4.04. The van der Waals surface area contributed by atoms with Gasteiger partial charge < -0.3 is 10.2 Å². The molecule has 4 rings (SSSR count). The van der Waals surface area contributed by atoms with Crippen LogP contribution in [0.2, 0.25) is 0 Å². The number of benzene rings is 2. The minimum Gasteiger partial charge on any atom is -0.369 e. The molecule has 1 amide bonds. The van der Waals surface area contributed by atoms with Crippen molar-refractivity contribution in [2.24, 2.45) is 7.05 Å². The molecule has 0 aliphatic carbocycles. The summed E-state index contributed by atoms with van der Waals surface area (Å²) in [7, 11) is 1.55. The average molecular weight is 432 g/mol. The van der Waals surface area contributed by atoms with Gasteiger partial charge in [0, 0.05) is 43.5 Å². The molecule has 9 heteroatoms. The molecule has 1 aliphatic heterocycles. The number of hydrogen-bond acceptors (Lipinski definition) is 3. The zero-order chi connectivity index (χ0) is 22.1. The molecule has 0 spiro atoms. The number of aromatic nitrogens is 2. The van der Waals surface area contributed by atoms with Crippen LogP contribution in [0.15, 0.2) is 42.6 Å². The van der Waals surface area contributed by atoms with Crippen molar-refractivity contribution in [1.29, 1.82) is 0 Å². The number of halogens is 4. The van der Waals surface area contributed by atoms with Crippen molar-refractivity contribution in [3.05, 3.63) is 71.4 Å². The number of nitrogens with zero attached hydrogens (tertiary/aromatic N) is 3. The molecule has 0 radical (unpaired) electrons. The summed E-state index contributed by atoms with van der Waals surface area (Å²) in [6.45, 7) is 1.02. The molecule has 1 aliphatic rings. The minimum absolute atomic E-state index is 0.00260. The maximum absolute atomic E-state index is 14.6. The zero-order valence-corrected chi connectivity index (χ0v) is 16.7. The maximum atomic E-state index is 14.6. The Labute approximate surface area is 176 Å². The lowest BCUT2D eigenvalue weighted by atomic mass is 10.0. The van der Waals surface area contributed by atoms with Crippen LogP contribution in [0.5, 0.6) is 0 Å². The first-order chi connectivity index (χ1) is 14.8. The minimum atomic E-state index is -0.935. The Hall–Kier alpha value is -3.36. The Morgan fingerprint density at radius 2 is 1.84 bits per heavy atom. The van der Waals surface area contributed by atoms with Gasteiger partial charge in [0.2, 0.25) is 0 Å². The molecule has 1 N–H and O–H groups in total. The highest BCUT2D eigenvalue weighted by molar-refractivity contribution is 5.95. The van der Waals surface area contributed by atoms with E-state index in [0.717, 1.165) is 24.6 Å². The van der Waals surface area contributed by atoms with Crippen molar-refractivity contribution in [3.63, 3.8) is 0 Å². The summed E-state index contributed by atoms with van der Waals surface area (Å²) >= 11 is 0. The summed E-state index contributed by atoms with van der Waals surface area (Å²) in [5, 5.41) is 6.75. The molecule has 1 fully saturated rings. The van der Waals surface area contributed by atoms with Crippen LogP contribution in [0.3, 0.4) is 0 Å². The largest absolute Gasteiger partial charge is 0.369 e. The first-order valence-corrected chi connectivity index (χ1v) is 9.82. The van der Waals surface area contributed by atoms with Crippen LogP contribution < -0.4 is 10.2 Å². The molecule has 31 heavy (non-hydrogen) atoms. The molecule has 1 saturated heterocycles. The third kappa shape index (κ3) is 4.40. The fraction of sp³-hybridized carbons (Fsp3) is 0.273. The average Bonchev–Trinajstić information content (AvgIpc) is 3.08. The Morgan fingerprint density at radius 1 is 1.03 bits per heavy atom. The van der Waals surface area contributed by atoms with Gasteiger partial charge >= 0.3 is 0 Å². The number of piperidine rings is 1. The van der Waals surface area contributed by atoms with Crippen molar-refractivity contribution < 1.29 is 22.4 Å². The van der Waals surface area contributed by atoms with Crippen molar-refractivity contribution in [2.45, 2.75) is 18.9 Å². The number of nitrogens with one attached hydrogen (secondary N) is 1. The van der Waals surface area contributed by atoms with Crippen molar-refractivity contribution in [2.75, 3.05) is 18.0 Å². The summed E-state index contributed by atoms with van der Waals surface area (Å²) in [5.41, 5.74) is 0.591. The standard InChI is InChI=1S/C22H20F4N4O/c1-29-12-20(26)21(28-29)13-4-6-16(18(24)9-13)22(31)27-14-3-2-8-30(11-14)15-5-7-17(23)19(25)10-15/h4-7,9-10,12,14H,2-3,8,11H2,1H3,(H,27,31). The Morgan fingerprint density at radius 3 is 2.52 bits per heavy atom. The van der Waals surface area contributed by atoms with Gasteiger partial charge in [0.25, 0.3) is 5.91 Å². The zero-order valence-electron chi connectivity index (χ0n) is 16.7. The summed E-state index contributed by atoms with van der Waals surface area (Å²) < 4.78 is 56.5. The van der Waals surface area contributed by atoms with Crippen LogP contribution in [0.25, 0.3) is 11.3 Å². The lowest BCUT2D eigenvalue weighted by Gasteiger charge is -2.34. The van der Waals surface area contributed by atoms with E-state index in [1.807, 2.05) is 4.90 Å². The molecule has 2 aromatic carbocycles. The number of rotatable bonds is 4. The molecule has 162 valence electrons. The smallest absolute Gasteiger partial charge is 0.254 e. The number of anilines is 1. The van der Waals surface area contributed by atoms with E-state index >= 15 is 0 Å². The Balaban J connectivity index is 1.46. The second-order valence-electron chi connectivity index (χ2n) is 7.55. The van der Waals surface area contributed by atoms with E-state index in [1.54, 1.807) is 7.05 Å². The second kappa shape index (κ2) is 8.41. The highest BCUT2D eigenvalue weighted by atomic mass is 19.2. The molecule has 5 nitrogen and oxygen atoms in total. The lowest BCUT2D eigenvalue weighted by molar-refractivity contribution is 0.0929. The van der Waals surface area contributed by atoms with Crippen molar-refractivity contribution in [3.8, 4) is 11.3 Å². The fourth-order valence-electron chi connectivity index (χ4n) is 3.78. The second-order valence-corrected chi connectivity index (χ2v) is 7.55. The van der Waals surface area contributed by atoms with Gasteiger partial charge in [-0.3, -0.25) is 9.48 Å². The summed E-state index contributed by atoms with van der Waals surface area (Å²) in [6.07, 6.45) is 2.57. The Bertz CT molecular complexity index is 1130. The van der Waals surface area contributed by atoms with Gasteiger partial charge in [-0.1, -0.05) is 6.07 Å². The normalized spacial score (nSPS) is 16.4. The van der Waals surface area contributed by atoms with Gasteiger partial charge in [0.05, 0.1) is 11.8 Å². The molecular weight excluding hydrogens is 412 g/mol. The van der Waals surface area contributed by atoms with Crippen LogP contribution in [-0.4, -0.2) is 34.8 Å². The molecular formula is C22H20F4N4O. The maximum Gasteiger partial charge on any atom is 0.254 e. The van der Waals surface area contributed by atoms with Crippen LogP contribution >= 0.6 is 0 Å². The van der Waals surface area contributed by atoms with Crippen molar-refractivity contribution in [1.82, 2.24) is 15.1 Å². The summed E-state index contributed by atoms with van der Waals surface area (Å²) in [6, 6.07) is 7.19. The van der Waals surface area contributed by atoms with Gasteiger partial charge in [-0.05, 0) is 37.1 Å². The number of carbonyl (C=O) groups is 1. The Kier molecular flexibility index (Phi) is 5.67. The van der Waals surface area contributed by atoms with Gasteiger partial charge in [-0.15, -0.1) is 0 Å². The number of amides is 1. The van der Waals surface area contributed by atoms with E-state index in [9.17, 15) is 22.4 Å². The summed E-state index contributed by atoms with van der Waals surface area (Å²) in [5.74, 6) is -3.82. The first-order valence-electron chi connectivity index (χ1n) is 9.82. The number of aryl methyl sites for hydroxylation is 1. The molecule has 2 heterocycles. The van der Waals surface area contributed by atoms with E-state index in [1.165, 1.54) is 29.1 Å². The van der Waals surface area contributed by atoms with E-state index in [4.69, 9.17) is 0 Å². The fourth-order valence-corrected chi connectivity index (χ4v) is 3.78. The van der Waals surface area contributed by atoms with Gasteiger partial charge in [-0.2, -0.15) is 5.10 Å². The van der Waals surface area contributed by atoms with Crippen molar-refractivity contribution >= 4 is 11.6 Å². The van der Waals surface area contributed by atoms with Crippen LogP contribution in [0.4, 0.5) is 23.2 Å². The monoisotopic (exact) mass is 432 g/mol. The van der Waals surface area contributed by atoms with E-state index in [2.05, 4.69) is 10.4 Å². The topological polar surface area (TPSA) is 50.2 Å². The van der Waals surface area contributed by atoms with Gasteiger partial charge in [0.1, 0.15) is 11.5 Å². The van der Waals surface area contributed by atoms with Gasteiger partial charge in [0.15, 0.2) is 17.5 Å². The highest BCUT2D eigenvalue weighted by Gasteiger charge is 2.24. The number of hydrogen-bond donors (Lipinski definition) is 1.